The van der Waals surface area contributed by atoms with Gasteiger partial charge < -0.3 is 0 Å². The molecule has 4 aliphatic carbocycles. The first-order valence-corrected chi connectivity index (χ1v) is 22.2. The Morgan fingerprint density at radius 1 is 0.370 bits per heavy atom. The molecular weight excluding hydrogens is 618 g/mol. The largest absolute Gasteiger partial charge is 0.408 e. The second-order valence-corrected chi connectivity index (χ2v) is 20.5. The Morgan fingerprint density at radius 3 is 0.717 bits per heavy atom. The Kier molecular flexibility index (Phi) is 13.1. The number of piperazine rings is 1. The fraction of sp³-hybridized carbons (Fsp3) is 1.00. The average molecular weight is 687 g/mol. The molecule has 0 N–H and O–H groups in total. The maximum Gasteiger partial charge on any atom is 0.408 e. The molecule has 0 bridgehead atoms. The fourth-order valence-corrected chi connectivity index (χ4v) is 14.4. The summed E-state index contributed by atoms with van der Waals surface area (Å²) < 4.78 is 61.4. The molecule has 0 radical (unpaired) electrons. The van der Waals surface area contributed by atoms with Crippen molar-refractivity contribution in [3.05, 3.63) is 0 Å². The highest BCUT2D eigenvalue weighted by Crippen LogP contribution is 2.62. The normalized spacial score (nSPS) is 44.7. The zero-order chi connectivity index (χ0) is 33.2. The summed E-state index contributed by atoms with van der Waals surface area (Å²) in [5.74, 6) is 2.70. The Balaban J connectivity index is 1.37. The fourth-order valence-electron chi connectivity index (χ4n) is 9.54. The van der Waals surface area contributed by atoms with E-state index in [1.54, 1.807) is 0 Å². The van der Waals surface area contributed by atoms with Gasteiger partial charge in [-0.3, -0.25) is 18.1 Å². The van der Waals surface area contributed by atoms with Gasteiger partial charge in [-0.25, -0.2) is 18.5 Å². The molecule has 1 heterocycles. The lowest BCUT2D eigenvalue weighted by molar-refractivity contribution is -0.0269. The SMILES string of the molecule is CC1CCCC(C)C1OP(=O)(OC1C(C)CCCC1C)N1CCN(P(=O)(OC2C(C)CCCC2C)OC2C(C)CCCC2C)CC1. The minimum Gasteiger partial charge on any atom is -0.293 e. The molecule has 10 heteroatoms. The van der Waals surface area contributed by atoms with Gasteiger partial charge >= 0.3 is 15.5 Å². The van der Waals surface area contributed by atoms with E-state index in [1.165, 1.54) is 25.7 Å². The molecule has 5 fully saturated rings. The summed E-state index contributed by atoms with van der Waals surface area (Å²) in [6.45, 7) is 19.7. The van der Waals surface area contributed by atoms with Crippen LogP contribution in [0, 0.1) is 47.3 Å². The Labute approximate surface area is 281 Å². The molecule has 5 aliphatic rings. The summed E-state index contributed by atoms with van der Waals surface area (Å²) >= 11 is 0. The van der Waals surface area contributed by atoms with Crippen LogP contribution in [0.5, 0.6) is 0 Å². The van der Waals surface area contributed by atoms with Crippen molar-refractivity contribution in [2.24, 2.45) is 47.3 Å². The van der Waals surface area contributed by atoms with Crippen LogP contribution in [-0.2, 0) is 27.2 Å². The topological polar surface area (TPSA) is 77.5 Å². The maximum atomic E-state index is 15.2. The molecule has 0 amide bonds. The standard InChI is InChI=1S/C36H68N2O6P2/c1-25-13-9-14-26(2)33(25)41-45(39,42-34-27(3)15-10-16-28(34)4)37-21-23-38(24-22-37)46(40,43-35-29(5)17-11-18-30(35)6)44-36-31(7)19-12-20-32(36)8/h25-36H,9-24H2,1-8H3. The van der Waals surface area contributed by atoms with E-state index in [0.717, 1.165) is 51.4 Å². The highest BCUT2D eigenvalue weighted by molar-refractivity contribution is 7.51. The number of hydrogen-bond donors (Lipinski definition) is 0. The van der Waals surface area contributed by atoms with Crippen molar-refractivity contribution >= 4 is 15.5 Å². The van der Waals surface area contributed by atoms with Crippen molar-refractivity contribution < 1.29 is 27.2 Å². The van der Waals surface area contributed by atoms with Crippen LogP contribution in [0.4, 0.5) is 0 Å². The van der Waals surface area contributed by atoms with E-state index < -0.39 is 15.5 Å². The van der Waals surface area contributed by atoms with E-state index in [1.807, 2.05) is 9.34 Å². The quantitative estimate of drug-likeness (QED) is 0.210. The number of rotatable bonds is 10. The van der Waals surface area contributed by atoms with Crippen molar-refractivity contribution in [1.29, 1.82) is 0 Å². The third-order valence-electron chi connectivity index (χ3n) is 12.7. The summed E-state index contributed by atoms with van der Waals surface area (Å²) in [6, 6.07) is 0. The van der Waals surface area contributed by atoms with Gasteiger partial charge in [-0.1, -0.05) is 81.1 Å². The van der Waals surface area contributed by atoms with Gasteiger partial charge in [-0.2, -0.15) is 0 Å². The summed E-state index contributed by atoms with van der Waals surface area (Å²) in [4.78, 5) is 0. The van der Waals surface area contributed by atoms with E-state index in [-0.39, 0.29) is 24.4 Å². The maximum absolute atomic E-state index is 15.2. The lowest BCUT2D eigenvalue weighted by Crippen LogP contribution is -2.48. The average Bonchev–Trinajstić information content (AvgIpc) is 3.01. The van der Waals surface area contributed by atoms with Gasteiger partial charge in [0.25, 0.3) is 0 Å². The first-order valence-electron chi connectivity index (χ1n) is 19.3. The first-order chi connectivity index (χ1) is 21.8. The van der Waals surface area contributed by atoms with Crippen molar-refractivity contribution in [3.63, 3.8) is 0 Å². The second-order valence-electron chi connectivity index (χ2n) is 16.7. The van der Waals surface area contributed by atoms with Crippen LogP contribution in [0.2, 0.25) is 0 Å². The summed E-state index contributed by atoms with van der Waals surface area (Å²) in [5.41, 5.74) is 0. The Morgan fingerprint density at radius 2 is 0.543 bits per heavy atom. The molecule has 8 unspecified atom stereocenters. The van der Waals surface area contributed by atoms with Gasteiger partial charge in [-0.15, -0.1) is 0 Å². The van der Waals surface area contributed by atoms with Crippen LogP contribution in [0.15, 0.2) is 0 Å². The highest BCUT2D eigenvalue weighted by atomic mass is 31.2. The van der Waals surface area contributed by atoms with Crippen molar-refractivity contribution in [2.75, 3.05) is 26.2 Å². The molecule has 4 saturated carbocycles. The zero-order valence-electron chi connectivity index (χ0n) is 30.5. The predicted octanol–water partition coefficient (Wildman–Crippen LogP) is 10.2. The number of nitrogens with zero attached hydrogens (tertiary/aromatic N) is 2. The van der Waals surface area contributed by atoms with E-state index in [4.69, 9.17) is 18.1 Å². The van der Waals surface area contributed by atoms with E-state index >= 15 is 9.13 Å². The van der Waals surface area contributed by atoms with Gasteiger partial charge in [-0.05, 0) is 98.7 Å². The molecule has 1 saturated heterocycles. The molecule has 8 atom stereocenters. The third-order valence-corrected chi connectivity index (χ3v) is 16.9. The monoisotopic (exact) mass is 686 g/mol. The van der Waals surface area contributed by atoms with Gasteiger partial charge in [0.15, 0.2) is 0 Å². The molecule has 0 spiro atoms. The predicted molar refractivity (Wildman–Crippen MR) is 187 cm³/mol. The van der Waals surface area contributed by atoms with Crippen LogP contribution >= 0.6 is 15.5 Å². The molecule has 0 aromatic rings. The number of hydrogen-bond acceptors (Lipinski definition) is 6. The minimum absolute atomic E-state index is 0.0897. The summed E-state index contributed by atoms with van der Waals surface area (Å²) in [7, 11) is -7.27. The first kappa shape index (κ1) is 37.5. The lowest BCUT2D eigenvalue weighted by atomic mass is 9.81. The second kappa shape index (κ2) is 16.1. The smallest absolute Gasteiger partial charge is 0.293 e. The molecule has 46 heavy (non-hydrogen) atoms. The van der Waals surface area contributed by atoms with Crippen LogP contribution in [0.25, 0.3) is 0 Å². The molecule has 0 aromatic carbocycles. The van der Waals surface area contributed by atoms with Crippen LogP contribution in [0.1, 0.15) is 132 Å². The molecule has 0 aromatic heterocycles. The van der Waals surface area contributed by atoms with Crippen molar-refractivity contribution in [1.82, 2.24) is 9.34 Å². The zero-order valence-corrected chi connectivity index (χ0v) is 32.3. The van der Waals surface area contributed by atoms with Gasteiger partial charge in [0.05, 0.1) is 24.4 Å². The van der Waals surface area contributed by atoms with Crippen LogP contribution < -0.4 is 0 Å². The van der Waals surface area contributed by atoms with Crippen molar-refractivity contribution in [3.8, 4) is 0 Å². The van der Waals surface area contributed by atoms with Gasteiger partial charge in [0.2, 0.25) is 0 Å². The molecule has 8 nitrogen and oxygen atoms in total. The van der Waals surface area contributed by atoms with Gasteiger partial charge in [0.1, 0.15) is 0 Å². The van der Waals surface area contributed by atoms with E-state index in [0.29, 0.717) is 73.5 Å². The molecule has 268 valence electrons. The molecule has 5 rings (SSSR count). The highest BCUT2D eigenvalue weighted by Gasteiger charge is 2.50. The van der Waals surface area contributed by atoms with E-state index in [9.17, 15) is 0 Å². The van der Waals surface area contributed by atoms with Crippen LogP contribution in [0.3, 0.4) is 0 Å². The molecule has 1 aliphatic heterocycles. The summed E-state index contributed by atoms with van der Waals surface area (Å²) in [6.07, 6.45) is 13.1. The third kappa shape index (κ3) is 8.56. The minimum atomic E-state index is -3.63. The molecular formula is C36H68N2O6P2. The lowest BCUT2D eigenvalue weighted by Gasteiger charge is -2.47. The van der Waals surface area contributed by atoms with Gasteiger partial charge in [0, 0.05) is 26.2 Å². The van der Waals surface area contributed by atoms with E-state index in [2.05, 4.69) is 55.4 Å². The summed E-state index contributed by atoms with van der Waals surface area (Å²) in [5, 5.41) is 0. The van der Waals surface area contributed by atoms with Crippen molar-refractivity contribution in [2.45, 2.75) is 157 Å². The Bertz CT molecular complexity index is 885. The Hall–Kier alpha value is 0.220. The van der Waals surface area contributed by atoms with Crippen LogP contribution in [-0.4, -0.2) is 59.9 Å².